The molecule has 0 unspecified atom stereocenters. The number of aromatic nitrogens is 1. The van der Waals surface area contributed by atoms with Crippen molar-refractivity contribution in [2.24, 2.45) is 12.0 Å². The molecule has 2 rings (SSSR count). The third-order valence-electron chi connectivity index (χ3n) is 3.64. The fourth-order valence-electron chi connectivity index (χ4n) is 2.34. The van der Waals surface area contributed by atoms with Crippen molar-refractivity contribution in [2.45, 2.75) is 13.1 Å². The highest BCUT2D eigenvalue weighted by molar-refractivity contribution is 6.30. The van der Waals surface area contributed by atoms with Crippen LogP contribution in [0.4, 0.5) is 5.69 Å². The van der Waals surface area contributed by atoms with Crippen molar-refractivity contribution >= 4 is 23.2 Å². The Hall–Kier alpha value is -2.54. The number of rotatable bonds is 5. The summed E-state index contributed by atoms with van der Waals surface area (Å²) in [5, 5.41) is 14.6. The molecule has 0 bridgehead atoms. The molecule has 1 aromatic heterocycles. The smallest absolute Gasteiger partial charge is 0.269 e. The highest BCUT2D eigenvalue weighted by Gasteiger charge is 2.10. The summed E-state index contributed by atoms with van der Waals surface area (Å²) < 4.78 is 1.97. The molecule has 24 heavy (non-hydrogen) atoms. The summed E-state index contributed by atoms with van der Waals surface area (Å²) in [5.41, 5.74) is 2.10. The maximum atomic E-state index is 10.7. The molecule has 0 aliphatic rings. The van der Waals surface area contributed by atoms with E-state index in [2.05, 4.69) is 10.3 Å². The van der Waals surface area contributed by atoms with E-state index in [1.165, 1.54) is 12.1 Å². The number of aliphatic imine (C=N–C) groups is 1. The molecule has 1 N–H and O–H groups in total. The molecule has 7 nitrogen and oxygen atoms in total. The Morgan fingerprint density at radius 2 is 2.08 bits per heavy atom. The van der Waals surface area contributed by atoms with Crippen LogP contribution in [-0.2, 0) is 20.1 Å². The van der Waals surface area contributed by atoms with E-state index in [0.29, 0.717) is 18.1 Å². The van der Waals surface area contributed by atoms with Gasteiger partial charge in [0.15, 0.2) is 5.96 Å². The lowest BCUT2D eigenvalue weighted by molar-refractivity contribution is -0.384. The number of benzene rings is 1. The normalized spacial score (nSPS) is 11.4. The van der Waals surface area contributed by atoms with Crippen LogP contribution in [0.1, 0.15) is 11.3 Å². The number of nitro benzene ring substituents is 1. The molecule has 0 aliphatic carbocycles. The van der Waals surface area contributed by atoms with Crippen LogP contribution < -0.4 is 5.32 Å². The van der Waals surface area contributed by atoms with Crippen molar-refractivity contribution in [3.63, 3.8) is 0 Å². The highest BCUT2D eigenvalue weighted by Crippen LogP contribution is 2.14. The molecule has 0 saturated heterocycles. The average molecular weight is 350 g/mol. The van der Waals surface area contributed by atoms with Gasteiger partial charge in [0.05, 0.1) is 16.5 Å². The lowest BCUT2D eigenvalue weighted by atomic mass is 10.2. The zero-order valence-electron chi connectivity index (χ0n) is 13.9. The Kier molecular flexibility index (Phi) is 5.81. The van der Waals surface area contributed by atoms with Crippen LogP contribution in [0.15, 0.2) is 41.5 Å². The number of nitrogens with one attached hydrogen (secondary N) is 1. The summed E-state index contributed by atoms with van der Waals surface area (Å²) in [6.07, 6.45) is 1.86. The van der Waals surface area contributed by atoms with Crippen molar-refractivity contribution in [3.8, 4) is 0 Å². The quantitative estimate of drug-likeness (QED) is 0.390. The Labute approximate surface area is 145 Å². The molecular formula is C16H20ClN5O2. The van der Waals surface area contributed by atoms with Crippen molar-refractivity contribution in [3.05, 3.63) is 62.9 Å². The summed E-state index contributed by atoms with van der Waals surface area (Å²) in [6, 6.07) is 8.37. The molecule has 0 saturated carbocycles. The van der Waals surface area contributed by atoms with Crippen molar-refractivity contribution < 1.29 is 4.92 Å². The van der Waals surface area contributed by atoms with Gasteiger partial charge in [0.25, 0.3) is 5.69 Å². The van der Waals surface area contributed by atoms with Crippen LogP contribution in [0.2, 0.25) is 5.02 Å². The number of hydrogen-bond donors (Lipinski definition) is 1. The van der Waals surface area contributed by atoms with E-state index in [0.717, 1.165) is 17.2 Å². The first kappa shape index (κ1) is 17.8. The standard InChI is InChI=1S/C16H20ClN5O2/c1-18-16(21(3)11-15-8-13(17)10-20(15)2)19-9-12-4-6-14(7-5-12)22(23)24/h4-8,10H,9,11H2,1-3H3,(H,18,19). The highest BCUT2D eigenvalue weighted by atomic mass is 35.5. The topological polar surface area (TPSA) is 75.7 Å². The minimum Gasteiger partial charge on any atom is -0.352 e. The van der Waals surface area contributed by atoms with Crippen LogP contribution in [-0.4, -0.2) is 34.4 Å². The second kappa shape index (κ2) is 7.83. The third-order valence-corrected chi connectivity index (χ3v) is 3.85. The zero-order chi connectivity index (χ0) is 17.7. The van der Waals surface area contributed by atoms with Gasteiger partial charge < -0.3 is 14.8 Å². The first-order valence-electron chi connectivity index (χ1n) is 7.36. The minimum atomic E-state index is -0.408. The van der Waals surface area contributed by atoms with E-state index >= 15 is 0 Å². The summed E-state index contributed by atoms with van der Waals surface area (Å²) in [7, 11) is 5.60. The Morgan fingerprint density at radius 3 is 2.58 bits per heavy atom. The van der Waals surface area contributed by atoms with E-state index < -0.39 is 4.92 Å². The summed E-state index contributed by atoms with van der Waals surface area (Å²) in [6.45, 7) is 1.19. The van der Waals surface area contributed by atoms with E-state index in [1.807, 2.05) is 35.8 Å². The predicted molar refractivity (Wildman–Crippen MR) is 95.2 cm³/mol. The number of hydrogen-bond acceptors (Lipinski definition) is 3. The fourth-order valence-corrected chi connectivity index (χ4v) is 2.61. The van der Waals surface area contributed by atoms with Gasteiger partial charge in [-0.1, -0.05) is 23.7 Å². The second-order valence-corrected chi connectivity index (χ2v) is 5.88. The maximum absolute atomic E-state index is 10.7. The SMILES string of the molecule is CN=C(NCc1ccc([N+](=O)[O-])cc1)N(C)Cc1cc(Cl)cn1C. The van der Waals surface area contributed by atoms with Gasteiger partial charge in [-0.25, -0.2) is 0 Å². The summed E-state index contributed by atoms with van der Waals surface area (Å²) in [4.78, 5) is 16.5. The number of nitrogens with zero attached hydrogens (tertiary/aromatic N) is 4. The lowest BCUT2D eigenvalue weighted by Gasteiger charge is -2.22. The van der Waals surface area contributed by atoms with Crippen molar-refractivity contribution in [1.29, 1.82) is 0 Å². The monoisotopic (exact) mass is 349 g/mol. The molecule has 0 spiro atoms. The fraction of sp³-hybridized carbons (Fsp3) is 0.312. The molecule has 1 aromatic carbocycles. The first-order chi connectivity index (χ1) is 11.4. The average Bonchev–Trinajstić information content (AvgIpc) is 2.85. The predicted octanol–water partition coefficient (Wildman–Crippen LogP) is 2.79. The van der Waals surface area contributed by atoms with E-state index in [9.17, 15) is 10.1 Å². The first-order valence-corrected chi connectivity index (χ1v) is 7.74. The molecule has 0 aliphatic heterocycles. The Morgan fingerprint density at radius 1 is 1.42 bits per heavy atom. The van der Waals surface area contributed by atoms with Gasteiger partial charge in [0.2, 0.25) is 0 Å². The maximum Gasteiger partial charge on any atom is 0.269 e. The van der Waals surface area contributed by atoms with E-state index in [1.54, 1.807) is 19.2 Å². The van der Waals surface area contributed by atoms with Crippen molar-refractivity contribution in [1.82, 2.24) is 14.8 Å². The minimum absolute atomic E-state index is 0.0841. The number of halogens is 1. The van der Waals surface area contributed by atoms with Gasteiger partial charge in [-0.15, -0.1) is 0 Å². The zero-order valence-corrected chi connectivity index (χ0v) is 14.6. The number of guanidine groups is 1. The van der Waals surface area contributed by atoms with Crippen LogP contribution in [0.3, 0.4) is 0 Å². The van der Waals surface area contributed by atoms with Gasteiger partial charge in [0.1, 0.15) is 0 Å². The molecule has 0 radical (unpaired) electrons. The van der Waals surface area contributed by atoms with Gasteiger partial charge in [0, 0.05) is 51.7 Å². The van der Waals surface area contributed by atoms with Gasteiger partial charge in [-0.05, 0) is 11.6 Å². The molecule has 0 amide bonds. The molecule has 2 aromatic rings. The molecule has 0 fully saturated rings. The largest absolute Gasteiger partial charge is 0.352 e. The lowest BCUT2D eigenvalue weighted by Crippen LogP contribution is -2.38. The summed E-state index contributed by atoms with van der Waals surface area (Å²) in [5.74, 6) is 0.727. The van der Waals surface area contributed by atoms with Crippen LogP contribution in [0, 0.1) is 10.1 Å². The number of aryl methyl sites for hydroxylation is 1. The van der Waals surface area contributed by atoms with Crippen LogP contribution >= 0.6 is 11.6 Å². The van der Waals surface area contributed by atoms with Crippen LogP contribution in [0.5, 0.6) is 0 Å². The molecule has 8 heteroatoms. The van der Waals surface area contributed by atoms with E-state index in [-0.39, 0.29) is 5.69 Å². The van der Waals surface area contributed by atoms with Gasteiger partial charge in [-0.2, -0.15) is 0 Å². The van der Waals surface area contributed by atoms with Gasteiger partial charge >= 0.3 is 0 Å². The molecule has 1 heterocycles. The summed E-state index contributed by atoms with van der Waals surface area (Å²) >= 11 is 6.01. The molecule has 0 atom stereocenters. The second-order valence-electron chi connectivity index (χ2n) is 5.44. The Bertz CT molecular complexity index is 739. The Balaban J connectivity index is 1.96. The number of non-ortho nitro benzene ring substituents is 1. The van der Waals surface area contributed by atoms with Gasteiger partial charge in [-0.3, -0.25) is 15.1 Å². The molecular weight excluding hydrogens is 330 g/mol. The molecule has 128 valence electrons. The number of nitro groups is 1. The van der Waals surface area contributed by atoms with Crippen molar-refractivity contribution in [2.75, 3.05) is 14.1 Å². The van der Waals surface area contributed by atoms with Crippen LogP contribution in [0.25, 0.3) is 0 Å². The third kappa shape index (κ3) is 4.48. The van der Waals surface area contributed by atoms with E-state index in [4.69, 9.17) is 11.6 Å².